The average Bonchev–Trinajstić information content (AvgIpc) is 3.00. The fraction of sp³-hybridized carbons (Fsp3) is 0.500. The summed E-state index contributed by atoms with van der Waals surface area (Å²) in [6, 6.07) is 7.15. The van der Waals surface area contributed by atoms with Crippen LogP contribution in [0.4, 0.5) is 10.5 Å². The number of ether oxygens (including phenoxy) is 1. The molecule has 0 aliphatic rings. The molecule has 24 heavy (non-hydrogen) atoms. The minimum absolute atomic E-state index is 0.373. The molecule has 1 amide bonds. The smallest absolute Gasteiger partial charge is 0.411 e. The largest absolute Gasteiger partial charge is 0.449 e. The van der Waals surface area contributed by atoms with Gasteiger partial charge in [0.25, 0.3) is 0 Å². The molecule has 0 saturated carbocycles. The van der Waals surface area contributed by atoms with Gasteiger partial charge in [0.15, 0.2) is 0 Å². The molecule has 0 aliphatic heterocycles. The predicted octanol–water partition coefficient (Wildman–Crippen LogP) is 3.86. The quantitative estimate of drug-likeness (QED) is 0.531. The minimum atomic E-state index is -0.455. The third-order valence-corrected chi connectivity index (χ3v) is 3.80. The summed E-state index contributed by atoms with van der Waals surface area (Å²) in [6.07, 6.45) is 6.48. The lowest BCUT2D eigenvalue weighted by Crippen LogP contribution is -2.14. The van der Waals surface area contributed by atoms with Crippen LogP contribution in [0.15, 0.2) is 29.4 Å². The van der Waals surface area contributed by atoms with Crippen molar-refractivity contribution in [1.29, 1.82) is 0 Å². The molecule has 0 fully saturated rings. The van der Waals surface area contributed by atoms with Crippen LogP contribution in [-0.4, -0.2) is 32.9 Å². The average molecular weight is 349 g/mol. The zero-order chi connectivity index (χ0) is 17.2. The highest BCUT2D eigenvalue weighted by atomic mass is 32.1. The number of carbonyl (C=O) groups excluding carboxylic acids is 1. The van der Waals surface area contributed by atoms with Gasteiger partial charge in [-0.3, -0.25) is 5.32 Å². The first-order valence-electron chi connectivity index (χ1n) is 8.22. The normalized spacial score (nSPS) is 10.6. The molecule has 1 heterocycles. The number of unbranched alkanes of at least 4 members (excludes halogenated alkanes) is 5. The van der Waals surface area contributed by atoms with E-state index < -0.39 is 6.09 Å². The lowest BCUT2D eigenvalue weighted by Gasteiger charge is -2.08. The van der Waals surface area contributed by atoms with Crippen LogP contribution in [0.3, 0.4) is 0 Å². The number of carbonyl (C=O) groups is 1. The Kier molecular flexibility index (Phi) is 7.54. The number of rotatable bonds is 9. The van der Waals surface area contributed by atoms with E-state index in [1.54, 1.807) is 18.2 Å². The molecule has 0 atom stereocenters. The van der Waals surface area contributed by atoms with Crippen molar-refractivity contribution in [2.24, 2.45) is 0 Å². The highest BCUT2D eigenvalue weighted by molar-refractivity contribution is 7.80. The van der Waals surface area contributed by atoms with Crippen molar-refractivity contribution in [3.63, 3.8) is 0 Å². The molecule has 1 N–H and O–H groups in total. The van der Waals surface area contributed by atoms with Crippen molar-refractivity contribution >= 4 is 24.4 Å². The molecule has 0 aliphatic carbocycles. The van der Waals surface area contributed by atoms with Gasteiger partial charge in [-0.15, -0.1) is 17.7 Å². The number of tetrazole rings is 1. The Morgan fingerprint density at radius 1 is 1.25 bits per heavy atom. The molecule has 2 aromatic rings. The zero-order valence-corrected chi connectivity index (χ0v) is 14.7. The van der Waals surface area contributed by atoms with Gasteiger partial charge in [0, 0.05) is 5.69 Å². The summed E-state index contributed by atoms with van der Waals surface area (Å²) >= 11 is 4.17. The van der Waals surface area contributed by atoms with E-state index in [1.807, 2.05) is 6.07 Å². The van der Waals surface area contributed by atoms with Crippen molar-refractivity contribution in [3.8, 4) is 5.69 Å². The topological polar surface area (TPSA) is 81.9 Å². The second kappa shape index (κ2) is 9.92. The van der Waals surface area contributed by atoms with Gasteiger partial charge in [-0.05, 0) is 35.0 Å². The Morgan fingerprint density at radius 3 is 2.79 bits per heavy atom. The monoisotopic (exact) mass is 349 g/mol. The maximum Gasteiger partial charge on any atom is 0.411 e. The Bertz CT molecular complexity index is 647. The molecule has 0 spiro atoms. The molecule has 1 aromatic carbocycles. The van der Waals surface area contributed by atoms with E-state index in [1.165, 1.54) is 30.4 Å². The molecule has 0 bridgehead atoms. The van der Waals surface area contributed by atoms with Crippen molar-refractivity contribution in [3.05, 3.63) is 24.3 Å². The fourth-order valence-corrected chi connectivity index (χ4v) is 2.46. The summed E-state index contributed by atoms with van der Waals surface area (Å²) in [7, 11) is 0. The molecule has 8 heteroatoms. The van der Waals surface area contributed by atoms with Crippen LogP contribution < -0.4 is 5.32 Å². The van der Waals surface area contributed by atoms with Gasteiger partial charge >= 0.3 is 6.09 Å². The number of nitrogens with one attached hydrogen (secondary N) is 1. The number of benzene rings is 1. The SMILES string of the molecule is CCCCCCCCOC(=O)Nc1cccc(-n2nnnc2S)c1. The number of hydrogen-bond acceptors (Lipinski definition) is 6. The predicted molar refractivity (Wildman–Crippen MR) is 94.8 cm³/mol. The summed E-state index contributed by atoms with van der Waals surface area (Å²) in [6.45, 7) is 2.63. The zero-order valence-electron chi connectivity index (χ0n) is 13.8. The Hall–Kier alpha value is -2.09. The number of hydrogen-bond donors (Lipinski definition) is 2. The molecule has 2 rings (SSSR count). The first-order chi connectivity index (χ1) is 11.7. The maximum atomic E-state index is 11.8. The third kappa shape index (κ3) is 5.84. The second-order valence-electron chi connectivity index (χ2n) is 5.47. The van der Waals surface area contributed by atoms with E-state index in [9.17, 15) is 4.79 Å². The summed E-state index contributed by atoms with van der Waals surface area (Å²) in [4.78, 5) is 11.8. The Balaban J connectivity index is 1.75. The van der Waals surface area contributed by atoms with Crippen molar-refractivity contribution < 1.29 is 9.53 Å². The Labute approximate surface area is 147 Å². The van der Waals surface area contributed by atoms with E-state index in [2.05, 4.69) is 40.4 Å². The van der Waals surface area contributed by atoms with Crippen LogP contribution >= 0.6 is 12.6 Å². The standard InChI is InChI=1S/C16H23N5O2S/c1-2-3-4-5-6-7-11-23-16(22)17-13-9-8-10-14(12-13)21-15(24)18-19-20-21/h8-10,12H,2-7,11H2,1H3,(H,17,22)(H,18,20,24). The van der Waals surface area contributed by atoms with Crippen molar-refractivity contribution in [2.75, 3.05) is 11.9 Å². The molecular formula is C16H23N5O2S. The van der Waals surface area contributed by atoms with E-state index in [-0.39, 0.29) is 0 Å². The number of amides is 1. The highest BCUT2D eigenvalue weighted by Crippen LogP contribution is 2.16. The van der Waals surface area contributed by atoms with Crippen LogP contribution in [0, 0.1) is 0 Å². The minimum Gasteiger partial charge on any atom is -0.449 e. The summed E-state index contributed by atoms with van der Waals surface area (Å²) in [5, 5.41) is 14.2. The maximum absolute atomic E-state index is 11.8. The van der Waals surface area contributed by atoms with Crippen LogP contribution in [-0.2, 0) is 4.74 Å². The summed E-state index contributed by atoms with van der Waals surface area (Å²) < 4.78 is 6.66. The van der Waals surface area contributed by atoms with Gasteiger partial charge in [-0.2, -0.15) is 4.68 Å². The molecule has 0 unspecified atom stereocenters. The van der Waals surface area contributed by atoms with E-state index in [0.29, 0.717) is 23.1 Å². The first-order valence-corrected chi connectivity index (χ1v) is 8.67. The molecule has 0 saturated heterocycles. The highest BCUT2D eigenvalue weighted by Gasteiger charge is 2.07. The van der Waals surface area contributed by atoms with Gasteiger partial charge in [0.2, 0.25) is 5.16 Å². The number of thiol groups is 1. The molecule has 1 aromatic heterocycles. The van der Waals surface area contributed by atoms with Gasteiger partial charge in [-0.1, -0.05) is 45.1 Å². The third-order valence-electron chi connectivity index (χ3n) is 3.52. The Morgan fingerprint density at radius 2 is 2.04 bits per heavy atom. The summed E-state index contributed by atoms with van der Waals surface area (Å²) in [5.41, 5.74) is 1.32. The van der Waals surface area contributed by atoms with Crippen LogP contribution in [0.1, 0.15) is 45.4 Å². The summed E-state index contributed by atoms with van der Waals surface area (Å²) in [5.74, 6) is 0. The molecular weight excluding hydrogens is 326 g/mol. The van der Waals surface area contributed by atoms with E-state index >= 15 is 0 Å². The van der Waals surface area contributed by atoms with E-state index in [4.69, 9.17) is 4.74 Å². The molecule has 7 nitrogen and oxygen atoms in total. The number of anilines is 1. The fourth-order valence-electron chi connectivity index (χ4n) is 2.27. The number of aromatic nitrogens is 4. The van der Waals surface area contributed by atoms with Crippen LogP contribution in [0.2, 0.25) is 0 Å². The van der Waals surface area contributed by atoms with Gasteiger partial charge in [0.1, 0.15) is 0 Å². The van der Waals surface area contributed by atoms with Crippen LogP contribution in [0.5, 0.6) is 0 Å². The van der Waals surface area contributed by atoms with Gasteiger partial charge < -0.3 is 4.74 Å². The lowest BCUT2D eigenvalue weighted by atomic mass is 10.1. The van der Waals surface area contributed by atoms with Gasteiger partial charge in [0.05, 0.1) is 12.3 Å². The van der Waals surface area contributed by atoms with Gasteiger partial charge in [-0.25, -0.2) is 4.79 Å². The van der Waals surface area contributed by atoms with E-state index in [0.717, 1.165) is 12.8 Å². The molecule has 130 valence electrons. The molecule has 0 radical (unpaired) electrons. The first kappa shape index (κ1) is 18.3. The number of nitrogens with zero attached hydrogens (tertiary/aromatic N) is 4. The van der Waals surface area contributed by atoms with Crippen LogP contribution in [0.25, 0.3) is 5.69 Å². The second-order valence-corrected chi connectivity index (χ2v) is 5.87. The lowest BCUT2D eigenvalue weighted by molar-refractivity contribution is 0.159. The van der Waals surface area contributed by atoms with Crippen molar-refractivity contribution in [1.82, 2.24) is 20.2 Å². The van der Waals surface area contributed by atoms with Crippen molar-refractivity contribution in [2.45, 2.75) is 50.6 Å².